The van der Waals surface area contributed by atoms with Crippen LogP contribution in [0.4, 0.5) is 0 Å². The largest absolute Gasteiger partial charge is 0.311 e. The summed E-state index contributed by atoms with van der Waals surface area (Å²) in [6.45, 7) is 8.02. The number of nitrogens with zero attached hydrogens (tertiary/aromatic N) is 2. The first-order valence-corrected chi connectivity index (χ1v) is 7.60. The molecule has 2 aliphatic rings. The normalized spacial score (nSPS) is 28.8. The number of hydrogen-bond acceptors (Lipinski definition) is 3. The highest BCUT2D eigenvalue weighted by atomic mass is 15.2. The molecule has 2 heterocycles. The lowest BCUT2D eigenvalue weighted by Crippen LogP contribution is -2.58. The van der Waals surface area contributed by atoms with Gasteiger partial charge in [-0.15, -0.1) is 0 Å². The average molecular weight is 259 g/mol. The number of hydrogen-bond donors (Lipinski definition) is 1. The fourth-order valence-corrected chi connectivity index (χ4v) is 3.15. The number of rotatable bonds is 4. The van der Waals surface area contributed by atoms with Crippen molar-refractivity contribution >= 4 is 0 Å². The van der Waals surface area contributed by atoms with Crippen LogP contribution in [0.25, 0.3) is 0 Å². The summed E-state index contributed by atoms with van der Waals surface area (Å²) in [6.07, 6.45) is 6.71. The Labute approximate surface area is 116 Å². The molecule has 19 heavy (non-hydrogen) atoms. The first-order chi connectivity index (χ1) is 9.24. The maximum Gasteiger partial charge on any atom is 0.0312 e. The van der Waals surface area contributed by atoms with E-state index in [2.05, 4.69) is 35.1 Å². The Morgan fingerprint density at radius 3 is 2.89 bits per heavy atom. The molecule has 1 aromatic heterocycles. The molecule has 0 aromatic carbocycles. The second kappa shape index (κ2) is 5.59. The third-order valence-electron chi connectivity index (χ3n) is 4.57. The summed E-state index contributed by atoms with van der Waals surface area (Å²) in [5.41, 5.74) is 1.34. The molecule has 0 spiro atoms. The van der Waals surface area contributed by atoms with Gasteiger partial charge < -0.3 is 5.32 Å². The first-order valence-electron chi connectivity index (χ1n) is 7.60. The number of aromatic nitrogens is 1. The minimum Gasteiger partial charge on any atom is -0.311 e. The molecule has 2 unspecified atom stereocenters. The Kier molecular flexibility index (Phi) is 3.85. The summed E-state index contributed by atoms with van der Waals surface area (Å²) in [4.78, 5) is 6.94. The van der Waals surface area contributed by atoms with Crippen LogP contribution in [0.15, 0.2) is 24.5 Å². The molecule has 3 heteroatoms. The topological polar surface area (TPSA) is 28.2 Å². The smallest absolute Gasteiger partial charge is 0.0312 e. The molecule has 3 rings (SSSR count). The van der Waals surface area contributed by atoms with Gasteiger partial charge >= 0.3 is 0 Å². The van der Waals surface area contributed by atoms with Crippen molar-refractivity contribution in [1.29, 1.82) is 0 Å². The molecule has 0 amide bonds. The second-order valence-corrected chi connectivity index (χ2v) is 6.45. The van der Waals surface area contributed by atoms with Gasteiger partial charge in [0.15, 0.2) is 0 Å². The van der Waals surface area contributed by atoms with Gasteiger partial charge in [-0.3, -0.25) is 9.88 Å². The predicted molar refractivity (Wildman–Crippen MR) is 77.8 cm³/mol. The van der Waals surface area contributed by atoms with Crippen LogP contribution in [0.2, 0.25) is 0 Å². The summed E-state index contributed by atoms with van der Waals surface area (Å²) in [5.74, 6) is 1.63. The van der Waals surface area contributed by atoms with Gasteiger partial charge in [-0.1, -0.05) is 19.9 Å². The molecule has 1 saturated heterocycles. The standard InChI is InChI=1S/C16H25N3/c1-12(2)15-11-19(10-13-4-3-7-17-8-13)16(9-18-15)14-5-6-14/h3-4,7-8,12,14-16,18H,5-6,9-11H2,1-2H3. The Balaban J connectivity index is 1.70. The van der Waals surface area contributed by atoms with Gasteiger partial charge in [-0.2, -0.15) is 0 Å². The maximum absolute atomic E-state index is 4.25. The van der Waals surface area contributed by atoms with Crippen LogP contribution in [0.3, 0.4) is 0 Å². The van der Waals surface area contributed by atoms with E-state index >= 15 is 0 Å². The van der Waals surface area contributed by atoms with Crippen molar-refractivity contribution in [2.24, 2.45) is 11.8 Å². The summed E-state index contributed by atoms with van der Waals surface area (Å²) in [6, 6.07) is 5.61. The maximum atomic E-state index is 4.25. The molecule has 1 N–H and O–H groups in total. The van der Waals surface area contributed by atoms with E-state index in [1.807, 2.05) is 18.5 Å². The van der Waals surface area contributed by atoms with Gasteiger partial charge in [0.25, 0.3) is 0 Å². The minimum atomic E-state index is 0.631. The molecule has 1 aliphatic carbocycles. The van der Waals surface area contributed by atoms with Gasteiger partial charge in [0.2, 0.25) is 0 Å². The summed E-state index contributed by atoms with van der Waals surface area (Å²) < 4.78 is 0. The van der Waals surface area contributed by atoms with Crippen LogP contribution in [0, 0.1) is 11.8 Å². The average Bonchev–Trinajstić information content (AvgIpc) is 3.24. The molecule has 1 aliphatic heterocycles. The molecule has 0 bridgehead atoms. The van der Waals surface area contributed by atoms with Crippen molar-refractivity contribution in [2.45, 2.75) is 45.3 Å². The lowest BCUT2D eigenvalue weighted by Gasteiger charge is -2.42. The van der Waals surface area contributed by atoms with Crippen molar-refractivity contribution in [3.05, 3.63) is 30.1 Å². The van der Waals surface area contributed by atoms with E-state index in [0.29, 0.717) is 12.0 Å². The molecule has 3 nitrogen and oxygen atoms in total. The van der Waals surface area contributed by atoms with E-state index < -0.39 is 0 Å². The number of piperazine rings is 1. The molecule has 0 radical (unpaired) electrons. The summed E-state index contributed by atoms with van der Waals surface area (Å²) in [5, 5.41) is 3.75. The van der Waals surface area contributed by atoms with Crippen molar-refractivity contribution in [1.82, 2.24) is 15.2 Å². The zero-order valence-electron chi connectivity index (χ0n) is 12.0. The van der Waals surface area contributed by atoms with E-state index in [4.69, 9.17) is 0 Å². The Morgan fingerprint density at radius 1 is 1.42 bits per heavy atom. The molecule has 1 aromatic rings. The molecule has 104 valence electrons. The zero-order chi connectivity index (χ0) is 13.2. The van der Waals surface area contributed by atoms with Crippen molar-refractivity contribution < 1.29 is 0 Å². The van der Waals surface area contributed by atoms with Gasteiger partial charge in [0.05, 0.1) is 0 Å². The number of nitrogens with one attached hydrogen (secondary N) is 1. The van der Waals surface area contributed by atoms with E-state index in [-0.39, 0.29) is 0 Å². The van der Waals surface area contributed by atoms with E-state index in [1.54, 1.807) is 0 Å². The van der Waals surface area contributed by atoms with Crippen LogP contribution >= 0.6 is 0 Å². The monoisotopic (exact) mass is 259 g/mol. The Morgan fingerprint density at radius 2 is 2.26 bits per heavy atom. The number of pyridine rings is 1. The van der Waals surface area contributed by atoms with E-state index in [1.165, 1.54) is 24.9 Å². The van der Waals surface area contributed by atoms with Crippen LogP contribution in [-0.4, -0.2) is 35.1 Å². The lowest BCUT2D eigenvalue weighted by molar-refractivity contribution is 0.0925. The highest BCUT2D eigenvalue weighted by molar-refractivity contribution is 5.09. The highest BCUT2D eigenvalue weighted by Gasteiger charge is 2.39. The van der Waals surface area contributed by atoms with E-state index in [9.17, 15) is 0 Å². The predicted octanol–water partition coefficient (Wildman–Crippen LogP) is 2.29. The molecule has 1 saturated carbocycles. The first kappa shape index (κ1) is 13.1. The van der Waals surface area contributed by atoms with Gasteiger partial charge in [-0.05, 0) is 36.3 Å². The molecular weight excluding hydrogens is 234 g/mol. The van der Waals surface area contributed by atoms with Crippen molar-refractivity contribution in [3.8, 4) is 0 Å². The summed E-state index contributed by atoms with van der Waals surface area (Å²) in [7, 11) is 0. The van der Waals surface area contributed by atoms with E-state index in [0.717, 1.165) is 25.0 Å². The van der Waals surface area contributed by atoms with Gasteiger partial charge in [0.1, 0.15) is 0 Å². The second-order valence-electron chi connectivity index (χ2n) is 6.45. The fourth-order valence-electron chi connectivity index (χ4n) is 3.15. The fraction of sp³-hybridized carbons (Fsp3) is 0.688. The van der Waals surface area contributed by atoms with Gasteiger partial charge in [0, 0.05) is 44.1 Å². The summed E-state index contributed by atoms with van der Waals surface area (Å²) >= 11 is 0. The lowest BCUT2D eigenvalue weighted by atomic mass is 9.97. The molecule has 2 fully saturated rings. The van der Waals surface area contributed by atoms with Crippen LogP contribution in [0.1, 0.15) is 32.3 Å². The zero-order valence-corrected chi connectivity index (χ0v) is 12.0. The van der Waals surface area contributed by atoms with Gasteiger partial charge in [-0.25, -0.2) is 0 Å². The molecule has 2 atom stereocenters. The minimum absolute atomic E-state index is 0.631. The van der Waals surface area contributed by atoms with Crippen LogP contribution < -0.4 is 5.32 Å². The third kappa shape index (κ3) is 3.15. The van der Waals surface area contributed by atoms with Crippen LogP contribution in [-0.2, 0) is 6.54 Å². The van der Waals surface area contributed by atoms with Crippen molar-refractivity contribution in [2.75, 3.05) is 13.1 Å². The van der Waals surface area contributed by atoms with Crippen molar-refractivity contribution in [3.63, 3.8) is 0 Å². The third-order valence-corrected chi connectivity index (χ3v) is 4.57. The SMILES string of the molecule is CC(C)C1CN(Cc2cccnc2)C(C2CC2)CN1. The Bertz CT molecular complexity index is 400. The highest BCUT2D eigenvalue weighted by Crippen LogP contribution is 2.37. The molecular formula is C16H25N3. The quantitative estimate of drug-likeness (QED) is 0.899. The van der Waals surface area contributed by atoms with Crippen LogP contribution in [0.5, 0.6) is 0 Å². The Hall–Kier alpha value is -0.930.